The first kappa shape index (κ1) is 25.6. The zero-order valence-electron chi connectivity index (χ0n) is 23.8. The molecule has 0 aliphatic heterocycles. The van der Waals surface area contributed by atoms with E-state index in [2.05, 4.69) is 125 Å². The Kier molecular flexibility index (Phi) is 6.39. The van der Waals surface area contributed by atoms with Crippen LogP contribution in [0.25, 0.3) is 32.3 Å². The van der Waals surface area contributed by atoms with Gasteiger partial charge in [0.25, 0.3) is 0 Å². The van der Waals surface area contributed by atoms with Crippen LogP contribution in [0.1, 0.15) is 0 Å². The standard InChI is InChI=1S/C39H27N5/c1-3-15-30(16-4-1)43(37-32-19-9-7-13-28(32)23-25-40-37)36-27-42-39(35-22-12-11-21-34(35)36)44(31-17-5-2-6-18-31)38-33-20-10-8-14-29(33)24-26-41-38/h1-27H. The first-order chi connectivity index (χ1) is 21.9. The molecule has 8 aromatic rings. The van der Waals surface area contributed by atoms with Crippen molar-refractivity contribution < 1.29 is 0 Å². The summed E-state index contributed by atoms with van der Waals surface area (Å²) in [5, 5.41) is 6.43. The average Bonchev–Trinajstić information content (AvgIpc) is 3.10. The van der Waals surface area contributed by atoms with E-state index in [1.165, 1.54) is 0 Å². The highest BCUT2D eigenvalue weighted by atomic mass is 15.3. The van der Waals surface area contributed by atoms with Crippen LogP contribution >= 0.6 is 0 Å². The Balaban J connectivity index is 1.41. The molecule has 5 heteroatoms. The first-order valence-corrected chi connectivity index (χ1v) is 14.6. The monoisotopic (exact) mass is 565 g/mol. The molecule has 0 saturated carbocycles. The third kappa shape index (κ3) is 4.39. The van der Waals surface area contributed by atoms with Crippen LogP contribution in [0.4, 0.5) is 34.5 Å². The summed E-state index contributed by atoms with van der Waals surface area (Å²) in [4.78, 5) is 19.5. The number of para-hydroxylation sites is 2. The van der Waals surface area contributed by atoms with Crippen molar-refractivity contribution in [2.45, 2.75) is 0 Å². The molecule has 3 aromatic heterocycles. The highest BCUT2D eigenvalue weighted by molar-refractivity contribution is 6.08. The molecule has 5 aromatic carbocycles. The number of benzene rings is 5. The highest BCUT2D eigenvalue weighted by Crippen LogP contribution is 2.45. The summed E-state index contributed by atoms with van der Waals surface area (Å²) in [7, 11) is 0. The molecule has 0 fully saturated rings. The predicted molar refractivity (Wildman–Crippen MR) is 182 cm³/mol. The van der Waals surface area contributed by atoms with Gasteiger partial charge in [-0.3, -0.25) is 9.80 Å². The summed E-state index contributed by atoms with van der Waals surface area (Å²) in [5.74, 6) is 2.48. The van der Waals surface area contributed by atoms with Crippen LogP contribution in [0.3, 0.4) is 0 Å². The van der Waals surface area contributed by atoms with E-state index >= 15 is 0 Å². The Hall–Kier alpha value is -6.07. The fraction of sp³-hybridized carbons (Fsp3) is 0. The summed E-state index contributed by atoms with van der Waals surface area (Å²) in [5.41, 5.74) is 2.93. The third-order valence-electron chi connectivity index (χ3n) is 7.96. The maximum Gasteiger partial charge on any atom is 0.146 e. The van der Waals surface area contributed by atoms with Gasteiger partial charge in [0.15, 0.2) is 0 Å². The van der Waals surface area contributed by atoms with E-state index < -0.39 is 0 Å². The largest absolute Gasteiger partial charge is 0.292 e. The molecule has 44 heavy (non-hydrogen) atoms. The van der Waals surface area contributed by atoms with E-state index in [0.29, 0.717) is 0 Å². The number of anilines is 6. The molecule has 0 N–H and O–H groups in total. The van der Waals surface area contributed by atoms with Gasteiger partial charge >= 0.3 is 0 Å². The lowest BCUT2D eigenvalue weighted by atomic mass is 10.1. The smallest absolute Gasteiger partial charge is 0.146 e. The van der Waals surface area contributed by atoms with E-state index in [9.17, 15) is 0 Å². The third-order valence-corrected chi connectivity index (χ3v) is 7.96. The van der Waals surface area contributed by atoms with Crippen molar-refractivity contribution in [2.24, 2.45) is 0 Å². The molecule has 0 atom stereocenters. The summed E-state index contributed by atoms with van der Waals surface area (Å²) in [6.45, 7) is 0. The van der Waals surface area contributed by atoms with Gasteiger partial charge in [0.05, 0.1) is 11.9 Å². The summed E-state index contributed by atoms with van der Waals surface area (Å²) in [6, 6.07) is 50.0. The lowest BCUT2D eigenvalue weighted by molar-refractivity contribution is 1.14. The van der Waals surface area contributed by atoms with Gasteiger partial charge in [-0.25, -0.2) is 15.0 Å². The maximum absolute atomic E-state index is 5.24. The number of rotatable bonds is 6. The molecule has 0 aliphatic rings. The van der Waals surface area contributed by atoms with E-state index in [1.807, 2.05) is 48.9 Å². The predicted octanol–water partition coefficient (Wildman–Crippen LogP) is 10.3. The molecule has 208 valence electrons. The Morgan fingerprint density at radius 3 is 1.36 bits per heavy atom. The van der Waals surface area contributed by atoms with Crippen LogP contribution in [0.5, 0.6) is 0 Å². The number of fused-ring (bicyclic) bond motifs is 3. The van der Waals surface area contributed by atoms with Gasteiger partial charge < -0.3 is 0 Å². The van der Waals surface area contributed by atoms with Crippen molar-refractivity contribution in [3.8, 4) is 0 Å². The second-order valence-corrected chi connectivity index (χ2v) is 10.6. The molecule has 5 nitrogen and oxygen atoms in total. The van der Waals surface area contributed by atoms with Crippen LogP contribution in [0.2, 0.25) is 0 Å². The molecule has 8 rings (SSSR count). The normalized spacial score (nSPS) is 11.2. The van der Waals surface area contributed by atoms with Crippen molar-refractivity contribution in [3.05, 3.63) is 164 Å². The quantitative estimate of drug-likeness (QED) is 0.201. The van der Waals surface area contributed by atoms with Crippen LogP contribution in [0, 0.1) is 0 Å². The number of hydrogen-bond acceptors (Lipinski definition) is 5. The maximum atomic E-state index is 5.24. The number of aromatic nitrogens is 3. The van der Waals surface area contributed by atoms with Gasteiger partial charge in [-0.1, -0.05) is 109 Å². The lowest BCUT2D eigenvalue weighted by Crippen LogP contribution is -2.16. The second kappa shape index (κ2) is 11.0. The molecule has 0 saturated heterocycles. The van der Waals surface area contributed by atoms with E-state index in [4.69, 9.17) is 15.0 Å². The SMILES string of the molecule is c1ccc(N(c2nccc3ccccc23)c2cnc(N(c3ccccc3)c3nccc4ccccc34)c3ccccc23)cc1. The van der Waals surface area contributed by atoms with Gasteiger partial charge in [-0.2, -0.15) is 0 Å². The van der Waals surface area contributed by atoms with Crippen LogP contribution < -0.4 is 9.80 Å². The Morgan fingerprint density at radius 1 is 0.341 bits per heavy atom. The fourth-order valence-electron chi connectivity index (χ4n) is 5.96. The molecule has 0 amide bonds. The molecular formula is C39H27N5. The van der Waals surface area contributed by atoms with Gasteiger partial charge in [-0.15, -0.1) is 0 Å². The highest BCUT2D eigenvalue weighted by Gasteiger charge is 2.24. The summed E-state index contributed by atoms with van der Waals surface area (Å²) in [6.07, 6.45) is 5.71. The molecule has 0 aliphatic carbocycles. The van der Waals surface area contributed by atoms with Crippen LogP contribution in [-0.4, -0.2) is 15.0 Å². The molecule has 0 spiro atoms. The number of pyridine rings is 3. The van der Waals surface area contributed by atoms with Crippen molar-refractivity contribution in [1.82, 2.24) is 15.0 Å². The van der Waals surface area contributed by atoms with Gasteiger partial charge in [0.1, 0.15) is 17.5 Å². The van der Waals surface area contributed by atoms with Gasteiger partial charge in [-0.05, 0) is 47.2 Å². The Labute approximate surface area is 255 Å². The van der Waals surface area contributed by atoms with E-state index in [-0.39, 0.29) is 0 Å². The van der Waals surface area contributed by atoms with Crippen molar-refractivity contribution in [3.63, 3.8) is 0 Å². The Bertz CT molecular complexity index is 2080. The first-order valence-electron chi connectivity index (χ1n) is 14.6. The topological polar surface area (TPSA) is 45.2 Å². The van der Waals surface area contributed by atoms with Crippen LogP contribution in [-0.2, 0) is 0 Å². The average molecular weight is 566 g/mol. The minimum Gasteiger partial charge on any atom is -0.292 e. The minimum atomic E-state index is 0.804. The zero-order chi connectivity index (χ0) is 29.3. The van der Waals surface area contributed by atoms with Crippen molar-refractivity contribution >= 4 is 66.8 Å². The Morgan fingerprint density at radius 2 is 0.773 bits per heavy atom. The van der Waals surface area contributed by atoms with Crippen molar-refractivity contribution in [1.29, 1.82) is 0 Å². The second-order valence-electron chi connectivity index (χ2n) is 10.6. The van der Waals surface area contributed by atoms with Gasteiger partial charge in [0, 0.05) is 45.3 Å². The molecule has 0 unspecified atom stereocenters. The number of nitrogens with zero attached hydrogens (tertiary/aromatic N) is 5. The molecule has 0 radical (unpaired) electrons. The fourth-order valence-corrected chi connectivity index (χ4v) is 5.96. The van der Waals surface area contributed by atoms with Gasteiger partial charge in [0.2, 0.25) is 0 Å². The lowest BCUT2D eigenvalue weighted by Gasteiger charge is -2.29. The molecule has 3 heterocycles. The summed E-state index contributed by atoms with van der Waals surface area (Å²) >= 11 is 0. The number of hydrogen-bond donors (Lipinski definition) is 0. The van der Waals surface area contributed by atoms with Crippen molar-refractivity contribution in [2.75, 3.05) is 9.80 Å². The minimum absolute atomic E-state index is 0.804. The zero-order valence-corrected chi connectivity index (χ0v) is 23.8. The summed E-state index contributed by atoms with van der Waals surface area (Å²) < 4.78 is 0. The van der Waals surface area contributed by atoms with E-state index in [1.54, 1.807) is 0 Å². The molecule has 0 bridgehead atoms. The molecular weight excluding hydrogens is 538 g/mol. The van der Waals surface area contributed by atoms with Crippen LogP contribution in [0.15, 0.2) is 164 Å². The van der Waals surface area contributed by atoms with E-state index in [0.717, 1.165) is 66.8 Å².